The van der Waals surface area contributed by atoms with Crippen molar-refractivity contribution in [3.05, 3.63) is 47.3 Å². The third-order valence-corrected chi connectivity index (χ3v) is 4.04. The zero-order chi connectivity index (χ0) is 14.1. The fourth-order valence-electron chi connectivity index (χ4n) is 3.04. The van der Waals surface area contributed by atoms with Gasteiger partial charge >= 0.3 is 0 Å². The molecular weight excluding hydrogens is 244 g/mol. The largest absolute Gasteiger partial charge is 0.254 e. The standard InChI is InChI=1S/C18H20N2/c1-4-7-16-14(5-2)12(3)15-10-9-13-8-6-11-19-17(13)18(15)20-16/h6,8-11H,4-5,7H2,1-3H3. The predicted molar refractivity (Wildman–Crippen MR) is 85.2 cm³/mol. The summed E-state index contributed by atoms with van der Waals surface area (Å²) in [5, 5.41) is 2.41. The van der Waals surface area contributed by atoms with Crippen molar-refractivity contribution in [1.82, 2.24) is 9.97 Å². The Morgan fingerprint density at radius 3 is 2.65 bits per heavy atom. The van der Waals surface area contributed by atoms with Gasteiger partial charge in [0, 0.05) is 22.7 Å². The average Bonchev–Trinajstić information content (AvgIpc) is 2.48. The Morgan fingerprint density at radius 1 is 1.05 bits per heavy atom. The SMILES string of the molecule is CCCc1nc2c(ccc3cccnc32)c(C)c1CC. The third-order valence-electron chi connectivity index (χ3n) is 4.04. The molecule has 3 rings (SSSR count). The molecule has 1 aromatic carbocycles. The van der Waals surface area contributed by atoms with Crippen molar-refractivity contribution in [2.24, 2.45) is 0 Å². The van der Waals surface area contributed by atoms with Gasteiger partial charge in [-0.05, 0) is 37.0 Å². The van der Waals surface area contributed by atoms with Crippen LogP contribution in [0.5, 0.6) is 0 Å². The summed E-state index contributed by atoms with van der Waals surface area (Å²) in [4.78, 5) is 9.51. The first-order valence-electron chi connectivity index (χ1n) is 7.42. The van der Waals surface area contributed by atoms with Crippen LogP contribution in [0.2, 0.25) is 0 Å². The van der Waals surface area contributed by atoms with E-state index in [4.69, 9.17) is 4.98 Å². The van der Waals surface area contributed by atoms with Crippen molar-refractivity contribution >= 4 is 21.8 Å². The highest BCUT2D eigenvalue weighted by Crippen LogP contribution is 2.28. The summed E-state index contributed by atoms with van der Waals surface area (Å²) in [5.74, 6) is 0. The second-order valence-electron chi connectivity index (χ2n) is 5.30. The molecule has 0 fully saturated rings. The average molecular weight is 264 g/mol. The van der Waals surface area contributed by atoms with Gasteiger partial charge in [-0.25, -0.2) is 0 Å². The van der Waals surface area contributed by atoms with Crippen molar-refractivity contribution in [2.45, 2.75) is 40.0 Å². The van der Waals surface area contributed by atoms with Crippen molar-refractivity contribution in [3.8, 4) is 0 Å². The molecule has 0 saturated heterocycles. The maximum Gasteiger partial charge on any atom is 0.0970 e. The lowest BCUT2D eigenvalue weighted by Crippen LogP contribution is -2.02. The Kier molecular flexibility index (Phi) is 3.39. The van der Waals surface area contributed by atoms with E-state index in [9.17, 15) is 0 Å². The summed E-state index contributed by atoms with van der Waals surface area (Å²) in [7, 11) is 0. The molecule has 0 saturated carbocycles. The highest BCUT2D eigenvalue weighted by atomic mass is 14.8. The van der Waals surface area contributed by atoms with Gasteiger partial charge in [0.25, 0.3) is 0 Å². The molecule has 0 unspecified atom stereocenters. The number of nitrogens with zero attached hydrogens (tertiary/aromatic N) is 2. The Hall–Kier alpha value is -1.96. The molecule has 0 bridgehead atoms. The fourth-order valence-corrected chi connectivity index (χ4v) is 3.04. The van der Waals surface area contributed by atoms with Gasteiger partial charge in [-0.15, -0.1) is 0 Å². The molecule has 0 radical (unpaired) electrons. The zero-order valence-electron chi connectivity index (χ0n) is 12.4. The summed E-state index contributed by atoms with van der Waals surface area (Å²) in [5.41, 5.74) is 6.11. The van der Waals surface area contributed by atoms with Crippen LogP contribution in [0.1, 0.15) is 37.1 Å². The van der Waals surface area contributed by atoms with Crippen LogP contribution in [0, 0.1) is 6.92 Å². The molecule has 2 nitrogen and oxygen atoms in total. The number of hydrogen-bond donors (Lipinski definition) is 0. The number of pyridine rings is 2. The summed E-state index contributed by atoms with van der Waals surface area (Å²) in [6, 6.07) is 8.43. The first-order chi connectivity index (χ1) is 9.76. The van der Waals surface area contributed by atoms with Crippen molar-refractivity contribution < 1.29 is 0 Å². The number of rotatable bonds is 3. The van der Waals surface area contributed by atoms with Gasteiger partial charge in [-0.2, -0.15) is 0 Å². The van der Waals surface area contributed by atoms with E-state index in [1.807, 2.05) is 12.3 Å². The molecule has 2 aromatic heterocycles. The highest BCUT2D eigenvalue weighted by molar-refractivity contribution is 6.04. The zero-order valence-corrected chi connectivity index (χ0v) is 12.4. The van der Waals surface area contributed by atoms with Gasteiger partial charge in [-0.3, -0.25) is 9.97 Å². The lowest BCUT2D eigenvalue weighted by molar-refractivity contribution is 0.861. The Morgan fingerprint density at radius 2 is 1.90 bits per heavy atom. The van der Waals surface area contributed by atoms with Crippen molar-refractivity contribution in [3.63, 3.8) is 0 Å². The van der Waals surface area contributed by atoms with Crippen LogP contribution < -0.4 is 0 Å². The monoisotopic (exact) mass is 264 g/mol. The van der Waals surface area contributed by atoms with E-state index < -0.39 is 0 Å². The first-order valence-corrected chi connectivity index (χ1v) is 7.42. The van der Waals surface area contributed by atoms with E-state index in [0.717, 1.165) is 30.3 Å². The quantitative estimate of drug-likeness (QED) is 0.646. The predicted octanol–water partition coefficient (Wildman–Crippen LogP) is 4.61. The van der Waals surface area contributed by atoms with E-state index in [1.165, 1.54) is 27.6 Å². The van der Waals surface area contributed by atoms with Crippen LogP contribution in [0.25, 0.3) is 21.8 Å². The van der Waals surface area contributed by atoms with Crippen LogP contribution in [-0.4, -0.2) is 9.97 Å². The van der Waals surface area contributed by atoms with Crippen LogP contribution in [0.15, 0.2) is 30.5 Å². The van der Waals surface area contributed by atoms with E-state index in [-0.39, 0.29) is 0 Å². The van der Waals surface area contributed by atoms with Crippen LogP contribution in [-0.2, 0) is 12.8 Å². The van der Waals surface area contributed by atoms with Gasteiger partial charge in [0.15, 0.2) is 0 Å². The van der Waals surface area contributed by atoms with E-state index in [2.05, 4.69) is 44.0 Å². The Labute approximate surface area is 119 Å². The number of aryl methyl sites for hydroxylation is 2. The minimum atomic E-state index is 1.02. The Balaban J connectivity index is 2.43. The molecule has 20 heavy (non-hydrogen) atoms. The molecule has 0 atom stereocenters. The molecule has 2 heterocycles. The molecule has 3 aromatic rings. The van der Waals surface area contributed by atoms with Crippen LogP contribution >= 0.6 is 0 Å². The molecular formula is C18H20N2. The second-order valence-corrected chi connectivity index (χ2v) is 5.30. The maximum absolute atomic E-state index is 4.96. The van der Waals surface area contributed by atoms with Gasteiger partial charge < -0.3 is 0 Å². The smallest absolute Gasteiger partial charge is 0.0970 e. The van der Waals surface area contributed by atoms with Gasteiger partial charge in [0.2, 0.25) is 0 Å². The fraction of sp³-hybridized carbons (Fsp3) is 0.333. The molecule has 0 aliphatic rings. The second kappa shape index (κ2) is 5.20. The molecule has 0 aliphatic carbocycles. The van der Waals surface area contributed by atoms with Crippen LogP contribution in [0.4, 0.5) is 0 Å². The molecule has 0 spiro atoms. The van der Waals surface area contributed by atoms with E-state index in [1.54, 1.807) is 0 Å². The van der Waals surface area contributed by atoms with E-state index >= 15 is 0 Å². The first kappa shape index (κ1) is 13.0. The number of hydrogen-bond acceptors (Lipinski definition) is 2. The van der Waals surface area contributed by atoms with Crippen LogP contribution in [0.3, 0.4) is 0 Å². The summed E-state index contributed by atoms with van der Waals surface area (Å²) in [6.45, 7) is 6.65. The number of benzene rings is 1. The lowest BCUT2D eigenvalue weighted by atomic mass is 9.96. The van der Waals surface area contributed by atoms with Gasteiger partial charge in [0.1, 0.15) is 0 Å². The maximum atomic E-state index is 4.96. The molecule has 0 N–H and O–H groups in total. The highest BCUT2D eigenvalue weighted by Gasteiger charge is 2.12. The van der Waals surface area contributed by atoms with Gasteiger partial charge in [0.05, 0.1) is 11.0 Å². The third kappa shape index (κ3) is 1.96. The van der Waals surface area contributed by atoms with Gasteiger partial charge in [-0.1, -0.05) is 38.5 Å². The topological polar surface area (TPSA) is 25.8 Å². The Bertz CT molecular complexity index is 775. The minimum absolute atomic E-state index is 1.02. The molecule has 102 valence electrons. The van der Waals surface area contributed by atoms with Crippen molar-refractivity contribution in [2.75, 3.05) is 0 Å². The molecule has 0 aliphatic heterocycles. The summed E-state index contributed by atoms with van der Waals surface area (Å²) < 4.78 is 0. The molecule has 2 heteroatoms. The van der Waals surface area contributed by atoms with E-state index in [0.29, 0.717) is 0 Å². The summed E-state index contributed by atoms with van der Waals surface area (Å²) >= 11 is 0. The minimum Gasteiger partial charge on any atom is -0.254 e. The molecule has 0 amide bonds. The summed E-state index contributed by atoms with van der Waals surface area (Å²) in [6.07, 6.45) is 5.07. The number of fused-ring (bicyclic) bond motifs is 3. The lowest BCUT2D eigenvalue weighted by Gasteiger charge is -2.14. The normalized spacial score (nSPS) is 11.3. The number of aromatic nitrogens is 2. The van der Waals surface area contributed by atoms with Crippen molar-refractivity contribution in [1.29, 1.82) is 0 Å².